The van der Waals surface area contributed by atoms with Gasteiger partial charge in [0.15, 0.2) is 0 Å². The van der Waals surface area contributed by atoms with Crippen LogP contribution in [0.1, 0.15) is 33.1 Å². The number of nitrogens with one attached hydrogen (secondary N) is 1. The number of aliphatic hydroxyl groups excluding tert-OH is 1. The van der Waals surface area contributed by atoms with Gasteiger partial charge < -0.3 is 15.6 Å². The maximum Gasteiger partial charge on any atom is 0.137 e. The van der Waals surface area contributed by atoms with Crippen molar-refractivity contribution in [2.45, 2.75) is 63.6 Å². The van der Waals surface area contributed by atoms with E-state index in [1.807, 2.05) is 6.92 Å². The first-order valence-corrected chi connectivity index (χ1v) is 5.93. The van der Waals surface area contributed by atoms with Crippen molar-refractivity contribution in [2.24, 2.45) is 11.7 Å². The molecule has 2 rings (SSSR count). The van der Waals surface area contributed by atoms with Crippen LogP contribution in [0.2, 0.25) is 0 Å². The number of epoxide rings is 1. The molecule has 0 aromatic heterocycles. The second-order valence-corrected chi connectivity index (χ2v) is 5.10. The van der Waals surface area contributed by atoms with Gasteiger partial charge in [-0.15, -0.1) is 0 Å². The van der Waals surface area contributed by atoms with E-state index in [4.69, 9.17) is 10.5 Å². The SMILES string of the molecule is CC(N)C1OC1NC1CCC(C)C(O)C1. The maximum atomic E-state index is 9.75. The number of aliphatic hydroxyl groups is 1. The summed E-state index contributed by atoms with van der Waals surface area (Å²) in [6, 6.07) is 0.486. The molecule has 2 fully saturated rings. The Hall–Kier alpha value is -0.160. The molecule has 6 unspecified atom stereocenters. The van der Waals surface area contributed by atoms with Gasteiger partial charge in [0.25, 0.3) is 0 Å². The molecular formula is C11H22N2O2. The van der Waals surface area contributed by atoms with Crippen LogP contribution in [0.25, 0.3) is 0 Å². The Balaban J connectivity index is 1.73. The number of hydrogen-bond donors (Lipinski definition) is 3. The van der Waals surface area contributed by atoms with Gasteiger partial charge in [-0.05, 0) is 32.1 Å². The summed E-state index contributed by atoms with van der Waals surface area (Å²) in [7, 11) is 0. The molecule has 4 N–H and O–H groups in total. The summed E-state index contributed by atoms with van der Waals surface area (Å²) in [5.74, 6) is 0.437. The normalized spacial score (nSPS) is 47.6. The molecule has 0 radical (unpaired) electrons. The first-order chi connectivity index (χ1) is 7.08. The molecule has 0 amide bonds. The zero-order chi connectivity index (χ0) is 11.0. The van der Waals surface area contributed by atoms with Crippen LogP contribution >= 0.6 is 0 Å². The standard InChI is InChI=1S/C11H22N2O2/c1-6-3-4-8(5-9(6)14)13-11-10(15-11)7(2)12/h6-11,13-14H,3-5,12H2,1-2H3. The lowest BCUT2D eigenvalue weighted by Gasteiger charge is -2.31. The molecule has 4 heteroatoms. The van der Waals surface area contributed by atoms with Crippen LogP contribution < -0.4 is 11.1 Å². The van der Waals surface area contributed by atoms with E-state index in [1.54, 1.807) is 0 Å². The molecule has 1 aliphatic heterocycles. The minimum Gasteiger partial charge on any atom is -0.393 e. The number of hydrogen-bond acceptors (Lipinski definition) is 4. The number of ether oxygens (including phenoxy) is 1. The summed E-state index contributed by atoms with van der Waals surface area (Å²) in [6.45, 7) is 4.07. The molecule has 0 bridgehead atoms. The lowest BCUT2D eigenvalue weighted by Crippen LogP contribution is -2.42. The summed E-state index contributed by atoms with van der Waals surface area (Å²) >= 11 is 0. The summed E-state index contributed by atoms with van der Waals surface area (Å²) in [6.07, 6.45) is 3.19. The van der Waals surface area contributed by atoms with Crippen LogP contribution in [-0.2, 0) is 4.74 Å². The largest absolute Gasteiger partial charge is 0.393 e. The molecule has 1 saturated heterocycles. The van der Waals surface area contributed by atoms with E-state index in [0.29, 0.717) is 12.0 Å². The molecule has 0 aromatic carbocycles. The van der Waals surface area contributed by atoms with Crippen molar-refractivity contribution in [3.05, 3.63) is 0 Å². The highest BCUT2D eigenvalue weighted by Crippen LogP contribution is 2.28. The summed E-state index contributed by atoms with van der Waals surface area (Å²) in [4.78, 5) is 0. The average Bonchev–Trinajstić information content (AvgIpc) is 2.91. The van der Waals surface area contributed by atoms with Crippen molar-refractivity contribution in [1.29, 1.82) is 0 Å². The van der Waals surface area contributed by atoms with Crippen molar-refractivity contribution in [2.75, 3.05) is 0 Å². The second kappa shape index (κ2) is 4.37. The number of nitrogens with two attached hydrogens (primary N) is 1. The van der Waals surface area contributed by atoms with Gasteiger partial charge in [-0.25, -0.2) is 0 Å². The maximum absolute atomic E-state index is 9.75. The summed E-state index contributed by atoms with van der Waals surface area (Å²) in [5, 5.41) is 13.2. The predicted octanol–water partition coefficient (Wildman–Crippen LogP) is 0.198. The van der Waals surface area contributed by atoms with Crippen LogP contribution in [0.15, 0.2) is 0 Å². The van der Waals surface area contributed by atoms with Crippen molar-refractivity contribution >= 4 is 0 Å². The second-order valence-electron chi connectivity index (χ2n) is 5.10. The Morgan fingerprint density at radius 1 is 1.47 bits per heavy atom. The van der Waals surface area contributed by atoms with E-state index in [2.05, 4.69) is 12.2 Å². The lowest BCUT2D eigenvalue weighted by molar-refractivity contribution is 0.0608. The highest BCUT2D eigenvalue weighted by molar-refractivity contribution is 4.93. The van der Waals surface area contributed by atoms with Crippen molar-refractivity contribution in [3.8, 4) is 0 Å². The van der Waals surface area contributed by atoms with E-state index in [9.17, 15) is 5.11 Å². The molecule has 0 spiro atoms. The molecule has 0 aromatic rings. The molecule has 88 valence electrons. The fourth-order valence-electron chi connectivity index (χ4n) is 2.34. The zero-order valence-electron chi connectivity index (χ0n) is 9.52. The van der Waals surface area contributed by atoms with Gasteiger partial charge in [-0.1, -0.05) is 6.92 Å². The highest BCUT2D eigenvalue weighted by atomic mass is 16.6. The number of rotatable bonds is 3. The van der Waals surface area contributed by atoms with Gasteiger partial charge in [0.05, 0.1) is 6.10 Å². The van der Waals surface area contributed by atoms with Gasteiger partial charge in [-0.3, -0.25) is 5.32 Å². The third kappa shape index (κ3) is 2.69. The third-order valence-electron chi connectivity index (χ3n) is 3.60. The summed E-state index contributed by atoms with van der Waals surface area (Å²) < 4.78 is 5.43. The van der Waals surface area contributed by atoms with Crippen LogP contribution in [-0.4, -0.2) is 35.6 Å². The summed E-state index contributed by atoms with van der Waals surface area (Å²) in [5.41, 5.74) is 5.73. The topological polar surface area (TPSA) is 70.8 Å². The minimum atomic E-state index is -0.163. The van der Waals surface area contributed by atoms with E-state index in [0.717, 1.165) is 19.3 Å². The van der Waals surface area contributed by atoms with Gasteiger partial charge in [0.2, 0.25) is 0 Å². The Morgan fingerprint density at radius 3 is 2.73 bits per heavy atom. The Kier molecular flexibility index (Phi) is 3.30. The molecule has 6 atom stereocenters. The Labute approximate surface area is 91.2 Å². The smallest absolute Gasteiger partial charge is 0.137 e. The van der Waals surface area contributed by atoms with Crippen LogP contribution in [0.4, 0.5) is 0 Å². The van der Waals surface area contributed by atoms with E-state index < -0.39 is 0 Å². The van der Waals surface area contributed by atoms with Crippen molar-refractivity contribution < 1.29 is 9.84 Å². The van der Waals surface area contributed by atoms with Crippen LogP contribution in [0.5, 0.6) is 0 Å². The predicted molar refractivity (Wildman–Crippen MR) is 58.3 cm³/mol. The third-order valence-corrected chi connectivity index (χ3v) is 3.60. The van der Waals surface area contributed by atoms with E-state index in [1.165, 1.54) is 0 Å². The molecule has 1 heterocycles. The average molecular weight is 214 g/mol. The minimum absolute atomic E-state index is 0.0925. The van der Waals surface area contributed by atoms with E-state index >= 15 is 0 Å². The quantitative estimate of drug-likeness (QED) is 0.587. The zero-order valence-corrected chi connectivity index (χ0v) is 9.52. The molecule has 1 saturated carbocycles. The monoisotopic (exact) mass is 214 g/mol. The fraction of sp³-hybridized carbons (Fsp3) is 1.00. The van der Waals surface area contributed by atoms with Crippen molar-refractivity contribution in [1.82, 2.24) is 5.32 Å². The van der Waals surface area contributed by atoms with Gasteiger partial charge >= 0.3 is 0 Å². The van der Waals surface area contributed by atoms with Gasteiger partial charge in [0, 0.05) is 12.1 Å². The molecule has 2 aliphatic rings. The Bertz CT molecular complexity index is 223. The van der Waals surface area contributed by atoms with Crippen LogP contribution in [0, 0.1) is 5.92 Å². The van der Waals surface area contributed by atoms with Gasteiger partial charge in [0.1, 0.15) is 12.3 Å². The molecule has 4 nitrogen and oxygen atoms in total. The highest BCUT2D eigenvalue weighted by Gasteiger charge is 2.43. The Morgan fingerprint density at radius 2 is 2.20 bits per heavy atom. The van der Waals surface area contributed by atoms with Crippen molar-refractivity contribution in [3.63, 3.8) is 0 Å². The first-order valence-electron chi connectivity index (χ1n) is 5.93. The molecular weight excluding hydrogens is 192 g/mol. The lowest BCUT2D eigenvalue weighted by atomic mass is 9.85. The first kappa shape index (κ1) is 11.3. The van der Waals surface area contributed by atoms with Gasteiger partial charge in [-0.2, -0.15) is 0 Å². The molecule has 1 aliphatic carbocycles. The van der Waals surface area contributed by atoms with E-state index in [-0.39, 0.29) is 24.5 Å². The van der Waals surface area contributed by atoms with Crippen LogP contribution in [0.3, 0.4) is 0 Å². The molecule has 15 heavy (non-hydrogen) atoms. The fourth-order valence-corrected chi connectivity index (χ4v) is 2.34.